The van der Waals surface area contributed by atoms with E-state index in [1.54, 1.807) is 48.5 Å². The third-order valence-corrected chi connectivity index (χ3v) is 14.6. The van der Waals surface area contributed by atoms with Crippen LogP contribution in [0.4, 0.5) is 8.78 Å². The van der Waals surface area contributed by atoms with Gasteiger partial charge in [0, 0.05) is 17.2 Å². The quantitative estimate of drug-likeness (QED) is 0.248. The lowest BCUT2D eigenvalue weighted by Crippen LogP contribution is -2.52. The molecule has 2 aromatic carbocycles. The lowest BCUT2D eigenvalue weighted by atomic mass is 9.82. The summed E-state index contributed by atoms with van der Waals surface area (Å²) in [4.78, 5) is 27.2. The highest BCUT2D eigenvalue weighted by Gasteiger charge is 2.51. The second-order valence-electron chi connectivity index (χ2n) is 11.7. The Morgan fingerprint density at radius 1 is 0.950 bits per heavy atom. The van der Waals surface area contributed by atoms with Crippen LogP contribution < -0.4 is 20.5 Å². The van der Waals surface area contributed by atoms with Crippen LogP contribution in [0.3, 0.4) is 0 Å². The first-order valence-electron chi connectivity index (χ1n) is 13.9. The molecule has 2 aliphatic heterocycles. The Bertz CT molecular complexity index is 1530. The molecule has 0 spiro atoms. The number of para-hydroxylation sites is 1. The Kier molecular flexibility index (Phi) is 7.18. The summed E-state index contributed by atoms with van der Waals surface area (Å²) in [5.41, 5.74) is -0.802. The molecule has 3 heterocycles. The van der Waals surface area contributed by atoms with Crippen molar-refractivity contribution in [3.63, 3.8) is 0 Å². The summed E-state index contributed by atoms with van der Waals surface area (Å²) in [5, 5.41) is 0. The maximum atomic E-state index is 14.7. The molecule has 3 aromatic rings. The number of aromatic nitrogens is 3. The molecule has 0 amide bonds. The van der Waals surface area contributed by atoms with E-state index in [0.29, 0.717) is 39.2 Å². The molecule has 0 saturated carbocycles. The van der Waals surface area contributed by atoms with Crippen LogP contribution in [0.2, 0.25) is 16.6 Å². The fourth-order valence-electron chi connectivity index (χ4n) is 6.84. The molecule has 10 heteroatoms. The molecule has 1 aromatic heterocycles. The van der Waals surface area contributed by atoms with Crippen molar-refractivity contribution in [2.75, 3.05) is 13.3 Å². The van der Waals surface area contributed by atoms with Gasteiger partial charge in [-0.05, 0) is 40.9 Å². The smallest absolute Gasteiger partial charge is 0.352 e. The van der Waals surface area contributed by atoms with Gasteiger partial charge in [0.25, 0.3) is 8.32 Å². The number of rotatable bonds is 8. The third-order valence-electron chi connectivity index (χ3n) is 8.64. The Balaban J connectivity index is 1.70. The summed E-state index contributed by atoms with van der Waals surface area (Å²) in [6.07, 6.45) is 1.61. The molecule has 1 unspecified atom stereocenters. The average Bonchev–Trinajstić information content (AvgIpc) is 3.20. The summed E-state index contributed by atoms with van der Waals surface area (Å²) in [5.74, 6) is 0.817. The first-order valence-corrected chi connectivity index (χ1v) is 16.0. The van der Waals surface area contributed by atoms with Gasteiger partial charge in [0.1, 0.15) is 30.9 Å². The normalized spacial score (nSPS) is 17.8. The van der Waals surface area contributed by atoms with Crippen molar-refractivity contribution in [3.05, 3.63) is 86.7 Å². The van der Waals surface area contributed by atoms with Crippen molar-refractivity contribution in [1.29, 1.82) is 0 Å². The zero-order valence-electron chi connectivity index (χ0n) is 23.9. The van der Waals surface area contributed by atoms with Gasteiger partial charge in [-0.3, -0.25) is 0 Å². The number of nitrogens with zero attached hydrogens (tertiary/aromatic N) is 3. The molecule has 214 valence electrons. The molecule has 0 bridgehead atoms. The zero-order chi connectivity index (χ0) is 29.0. The number of halogens is 2. The second kappa shape index (κ2) is 10.2. The summed E-state index contributed by atoms with van der Waals surface area (Å²) in [6.45, 7) is 10.8. The maximum absolute atomic E-state index is 14.7. The number of fused-ring (bicyclic) bond motifs is 5. The van der Waals surface area contributed by atoms with E-state index in [-0.39, 0.29) is 12.3 Å². The Morgan fingerprint density at radius 2 is 1.57 bits per heavy atom. The first-order chi connectivity index (χ1) is 19.0. The molecule has 0 aliphatic carbocycles. The molecular formula is C30H37F2N3O4Si. The first kappa shape index (κ1) is 28.1. The fourth-order valence-corrected chi connectivity index (χ4v) is 12.1. The predicted molar refractivity (Wildman–Crippen MR) is 154 cm³/mol. The summed E-state index contributed by atoms with van der Waals surface area (Å²) < 4.78 is 46.1. The van der Waals surface area contributed by atoms with Gasteiger partial charge in [-0.2, -0.15) is 0 Å². The molecule has 1 atom stereocenters. The highest BCUT2D eigenvalue weighted by atomic mass is 28.4. The van der Waals surface area contributed by atoms with Crippen LogP contribution in [0, 0.1) is 0 Å². The highest BCUT2D eigenvalue weighted by Crippen LogP contribution is 2.49. The van der Waals surface area contributed by atoms with Gasteiger partial charge in [0.2, 0.25) is 0 Å². The minimum atomic E-state index is -2.33. The van der Waals surface area contributed by atoms with Gasteiger partial charge in [-0.25, -0.2) is 32.3 Å². The van der Waals surface area contributed by atoms with Crippen molar-refractivity contribution < 1.29 is 17.9 Å². The zero-order valence-corrected chi connectivity index (χ0v) is 24.9. The van der Waals surface area contributed by atoms with Crippen LogP contribution in [0.5, 0.6) is 11.5 Å². The van der Waals surface area contributed by atoms with Crippen LogP contribution in [-0.4, -0.2) is 41.2 Å². The second-order valence-corrected chi connectivity index (χ2v) is 17.1. The molecule has 40 heavy (non-hydrogen) atoms. The van der Waals surface area contributed by atoms with Crippen LogP contribution in [0.15, 0.2) is 69.8 Å². The van der Waals surface area contributed by atoms with Gasteiger partial charge in [0.05, 0.1) is 12.2 Å². The number of ether oxygens (including phenoxy) is 1. The molecule has 7 nitrogen and oxygen atoms in total. The highest BCUT2D eigenvalue weighted by molar-refractivity contribution is 6.78. The molecule has 0 fully saturated rings. The van der Waals surface area contributed by atoms with Gasteiger partial charge >= 0.3 is 11.4 Å². The number of alkyl halides is 2. The van der Waals surface area contributed by atoms with Crippen LogP contribution >= 0.6 is 0 Å². The van der Waals surface area contributed by atoms with E-state index in [1.807, 2.05) is 6.07 Å². The van der Waals surface area contributed by atoms with Crippen LogP contribution in [-0.2, 0) is 6.54 Å². The van der Waals surface area contributed by atoms with Gasteiger partial charge < -0.3 is 9.16 Å². The summed E-state index contributed by atoms with van der Waals surface area (Å²) in [6, 6.07) is 13.0. The van der Waals surface area contributed by atoms with E-state index in [2.05, 4.69) is 41.5 Å². The van der Waals surface area contributed by atoms with Crippen molar-refractivity contribution >= 4 is 8.32 Å². The maximum Gasteiger partial charge on any atom is 0.352 e. The number of hydrogen-bond acceptors (Lipinski definition) is 4. The van der Waals surface area contributed by atoms with Crippen molar-refractivity contribution in [2.45, 2.75) is 76.4 Å². The minimum Gasteiger partial charge on any atom is -0.543 e. The molecule has 0 radical (unpaired) electrons. The molecule has 2 aliphatic rings. The molecule has 0 N–H and O–H groups in total. The summed E-state index contributed by atoms with van der Waals surface area (Å²) in [7, 11) is -2.33. The van der Waals surface area contributed by atoms with Crippen LogP contribution in [0.25, 0.3) is 5.69 Å². The van der Waals surface area contributed by atoms with Crippen molar-refractivity contribution in [2.24, 2.45) is 0 Å². The molecule has 0 saturated heterocycles. The third kappa shape index (κ3) is 4.02. The van der Waals surface area contributed by atoms with Crippen molar-refractivity contribution in [3.8, 4) is 17.2 Å². The van der Waals surface area contributed by atoms with E-state index in [0.717, 1.165) is 4.57 Å². The van der Waals surface area contributed by atoms with E-state index < -0.39 is 44.7 Å². The SMILES string of the molecule is CC(C)[Si](Oc1ccc2c(c1)OC(CF)(CF)C1=CCn3c(=O)n(-c4ccccc4)c(=O)n3C12)(C(C)C)C(C)C. The van der Waals surface area contributed by atoms with Gasteiger partial charge in [0.15, 0.2) is 5.60 Å². The largest absolute Gasteiger partial charge is 0.543 e. The molecular weight excluding hydrogens is 532 g/mol. The van der Waals surface area contributed by atoms with Gasteiger partial charge in [-0.1, -0.05) is 65.8 Å². The summed E-state index contributed by atoms with van der Waals surface area (Å²) >= 11 is 0. The number of benzene rings is 2. The molecule has 5 rings (SSSR count). The van der Waals surface area contributed by atoms with E-state index in [1.165, 1.54) is 9.36 Å². The number of hydrogen-bond donors (Lipinski definition) is 0. The van der Waals surface area contributed by atoms with E-state index in [4.69, 9.17) is 9.16 Å². The Morgan fingerprint density at radius 3 is 2.15 bits per heavy atom. The monoisotopic (exact) mass is 569 g/mol. The topological polar surface area (TPSA) is 67.4 Å². The van der Waals surface area contributed by atoms with E-state index >= 15 is 0 Å². The van der Waals surface area contributed by atoms with E-state index in [9.17, 15) is 18.4 Å². The predicted octanol–water partition coefficient (Wildman–Crippen LogP) is 5.95. The lowest BCUT2D eigenvalue weighted by molar-refractivity contribution is 0.0286. The lowest BCUT2D eigenvalue weighted by Gasteiger charge is -2.44. The Labute approximate surface area is 233 Å². The average molecular weight is 570 g/mol. The minimum absolute atomic E-state index is 0.00728. The Hall–Kier alpha value is -3.40. The van der Waals surface area contributed by atoms with Crippen molar-refractivity contribution in [1.82, 2.24) is 13.9 Å². The fraction of sp³-hybridized carbons (Fsp3) is 0.467. The van der Waals surface area contributed by atoms with Gasteiger partial charge in [-0.15, -0.1) is 0 Å². The van der Waals surface area contributed by atoms with Crippen LogP contribution in [0.1, 0.15) is 53.1 Å². The number of allylic oxidation sites excluding steroid dienone is 1. The standard InChI is InChI=1S/C30H37F2N3O4Si/c1-19(2)40(20(3)4,21(5)6)39-23-12-13-24-26(16-23)38-30(17-31,18-32)25-14-15-33-28(36)34(22-10-8-7-9-11-22)29(37)35(33)27(24)25/h7-14,16,19-21,27H,15,17-18H2,1-6H3.